The Bertz CT molecular complexity index is 659. The number of carbonyl (C=O) groups excluding carboxylic acids is 1. The number of amides is 1. The number of ether oxygens (including phenoxy) is 2. The number of methoxy groups -OCH3 is 2. The molecule has 0 bridgehead atoms. The number of hydrogen-bond acceptors (Lipinski definition) is 6. The zero-order valence-electron chi connectivity index (χ0n) is 12.8. The van der Waals surface area contributed by atoms with Gasteiger partial charge in [0.1, 0.15) is 11.5 Å². The van der Waals surface area contributed by atoms with Crippen LogP contribution < -0.4 is 14.8 Å². The largest absolute Gasteiger partial charge is 0.497 e. The predicted molar refractivity (Wildman–Crippen MR) is 84.3 cm³/mol. The first kappa shape index (κ1) is 16.2. The highest BCUT2D eigenvalue weighted by atomic mass is 32.2. The van der Waals surface area contributed by atoms with Crippen molar-refractivity contribution in [3.8, 4) is 22.9 Å². The van der Waals surface area contributed by atoms with Crippen molar-refractivity contribution in [1.29, 1.82) is 0 Å². The van der Waals surface area contributed by atoms with Gasteiger partial charge in [-0.1, -0.05) is 11.8 Å². The minimum absolute atomic E-state index is 0.0709. The number of nitrogens with one attached hydrogen (secondary N) is 2. The Balaban J connectivity index is 2.23. The normalized spacial score (nSPS) is 11.8. The second-order valence-corrected chi connectivity index (χ2v) is 5.72. The van der Waals surface area contributed by atoms with Crippen molar-refractivity contribution in [2.24, 2.45) is 0 Å². The Morgan fingerprint density at radius 1 is 1.36 bits per heavy atom. The van der Waals surface area contributed by atoms with Gasteiger partial charge in [-0.05, 0) is 19.1 Å². The Hall–Kier alpha value is -2.22. The lowest BCUT2D eigenvalue weighted by molar-refractivity contribution is -0.119. The SMILES string of the molecule is CNC(=O)C(C)Sc1n[nH]c(-c2ccc(OC)cc2OC)n1. The lowest BCUT2D eigenvalue weighted by Crippen LogP contribution is -2.27. The molecule has 1 heterocycles. The summed E-state index contributed by atoms with van der Waals surface area (Å²) >= 11 is 1.28. The highest BCUT2D eigenvalue weighted by molar-refractivity contribution is 8.00. The van der Waals surface area contributed by atoms with Gasteiger partial charge in [0.2, 0.25) is 11.1 Å². The fraction of sp³-hybridized carbons (Fsp3) is 0.357. The lowest BCUT2D eigenvalue weighted by Gasteiger charge is -2.08. The van der Waals surface area contributed by atoms with E-state index in [-0.39, 0.29) is 11.2 Å². The molecule has 0 aliphatic heterocycles. The number of aromatic amines is 1. The van der Waals surface area contributed by atoms with Gasteiger partial charge >= 0.3 is 0 Å². The maximum atomic E-state index is 11.5. The average molecular weight is 322 g/mol. The Kier molecular flexibility index (Phi) is 5.26. The summed E-state index contributed by atoms with van der Waals surface area (Å²) in [5, 5.41) is 9.82. The summed E-state index contributed by atoms with van der Waals surface area (Å²) in [6.07, 6.45) is 0. The van der Waals surface area contributed by atoms with Crippen molar-refractivity contribution in [2.45, 2.75) is 17.3 Å². The molecule has 1 aromatic carbocycles. The molecule has 0 saturated carbocycles. The molecule has 0 radical (unpaired) electrons. The fourth-order valence-electron chi connectivity index (χ4n) is 1.83. The minimum atomic E-state index is -0.272. The van der Waals surface area contributed by atoms with Gasteiger partial charge in [0.25, 0.3) is 0 Å². The topological polar surface area (TPSA) is 89.1 Å². The monoisotopic (exact) mass is 322 g/mol. The molecule has 0 aliphatic rings. The molecule has 0 aliphatic carbocycles. The molecule has 0 fully saturated rings. The van der Waals surface area contributed by atoms with Crippen LogP contribution in [-0.2, 0) is 4.79 Å². The van der Waals surface area contributed by atoms with Crippen molar-refractivity contribution in [3.05, 3.63) is 18.2 Å². The number of rotatable bonds is 6. The van der Waals surface area contributed by atoms with Crippen LogP contribution in [0.25, 0.3) is 11.4 Å². The molecule has 2 rings (SSSR count). The predicted octanol–water partition coefficient (Wildman–Crippen LogP) is 1.72. The summed E-state index contributed by atoms with van der Waals surface area (Å²) in [6, 6.07) is 5.44. The molecule has 2 aromatic rings. The van der Waals surface area contributed by atoms with Crippen LogP contribution in [0.15, 0.2) is 23.4 Å². The van der Waals surface area contributed by atoms with E-state index in [2.05, 4.69) is 20.5 Å². The van der Waals surface area contributed by atoms with Crippen LogP contribution >= 0.6 is 11.8 Å². The minimum Gasteiger partial charge on any atom is -0.497 e. The van der Waals surface area contributed by atoms with E-state index in [1.54, 1.807) is 34.3 Å². The molecule has 0 spiro atoms. The van der Waals surface area contributed by atoms with E-state index >= 15 is 0 Å². The Morgan fingerprint density at radius 3 is 2.77 bits per heavy atom. The number of benzene rings is 1. The number of thioether (sulfide) groups is 1. The van der Waals surface area contributed by atoms with Crippen LogP contribution in [-0.4, -0.2) is 47.6 Å². The van der Waals surface area contributed by atoms with Crippen LogP contribution in [0.2, 0.25) is 0 Å². The Morgan fingerprint density at radius 2 is 2.14 bits per heavy atom. The summed E-state index contributed by atoms with van der Waals surface area (Å²) in [7, 11) is 4.78. The molecule has 2 N–H and O–H groups in total. The van der Waals surface area contributed by atoms with E-state index < -0.39 is 0 Å². The van der Waals surface area contributed by atoms with E-state index in [4.69, 9.17) is 9.47 Å². The maximum absolute atomic E-state index is 11.5. The third kappa shape index (κ3) is 3.51. The third-order valence-corrected chi connectivity index (χ3v) is 3.99. The van der Waals surface area contributed by atoms with Crippen LogP contribution in [0.3, 0.4) is 0 Å². The van der Waals surface area contributed by atoms with Gasteiger partial charge in [0.05, 0.1) is 25.0 Å². The standard InChI is InChI=1S/C14H18N4O3S/c1-8(13(19)15-2)22-14-16-12(17-18-14)10-6-5-9(20-3)7-11(10)21-4/h5-8H,1-4H3,(H,15,19)(H,16,17,18). The van der Waals surface area contributed by atoms with E-state index in [1.807, 2.05) is 12.1 Å². The third-order valence-electron chi connectivity index (χ3n) is 3.03. The van der Waals surface area contributed by atoms with Crippen molar-refractivity contribution < 1.29 is 14.3 Å². The second-order valence-electron chi connectivity index (χ2n) is 4.41. The fourth-order valence-corrected chi connectivity index (χ4v) is 2.61. The first-order valence-corrected chi connectivity index (χ1v) is 7.50. The molecule has 22 heavy (non-hydrogen) atoms. The molecule has 1 unspecified atom stereocenters. The molecule has 118 valence electrons. The highest BCUT2D eigenvalue weighted by Gasteiger charge is 2.17. The van der Waals surface area contributed by atoms with Crippen LogP contribution in [0.4, 0.5) is 0 Å². The molecule has 8 heteroatoms. The van der Waals surface area contributed by atoms with Crippen molar-refractivity contribution in [1.82, 2.24) is 20.5 Å². The summed E-state index contributed by atoms with van der Waals surface area (Å²) in [4.78, 5) is 15.9. The van der Waals surface area contributed by atoms with Crippen molar-refractivity contribution >= 4 is 17.7 Å². The van der Waals surface area contributed by atoms with Crippen LogP contribution in [0.5, 0.6) is 11.5 Å². The quantitative estimate of drug-likeness (QED) is 0.787. The smallest absolute Gasteiger partial charge is 0.233 e. The molecule has 1 atom stereocenters. The number of H-pyrrole nitrogens is 1. The first-order valence-electron chi connectivity index (χ1n) is 6.62. The number of aromatic nitrogens is 3. The summed E-state index contributed by atoms with van der Waals surface area (Å²) in [6.45, 7) is 1.80. The molecule has 1 amide bonds. The van der Waals surface area contributed by atoms with Crippen molar-refractivity contribution in [3.63, 3.8) is 0 Å². The first-order chi connectivity index (χ1) is 10.6. The zero-order chi connectivity index (χ0) is 16.1. The van der Waals surface area contributed by atoms with E-state index in [1.165, 1.54) is 11.8 Å². The lowest BCUT2D eigenvalue weighted by atomic mass is 10.2. The summed E-state index contributed by atoms with van der Waals surface area (Å²) in [5.41, 5.74) is 0.773. The maximum Gasteiger partial charge on any atom is 0.233 e. The summed E-state index contributed by atoms with van der Waals surface area (Å²) < 4.78 is 10.5. The molecule has 7 nitrogen and oxygen atoms in total. The molecule has 1 aromatic heterocycles. The van der Waals surface area contributed by atoms with Gasteiger partial charge in [0, 0.05) is 13.1 Å². The van der Waals surface area contributed by atoms with Gasteiger partial charge in [-0.15, -0.1) is 5.10 Å². The van der Waals surface area contributed by atoms with Crippen molar-refractivity contribution in [2.75, 3.05) is 21.3 Å². The van der Waals surface area contributed by atoms with E-state index in [9.17, 15) is 4.79 Å². The summed E-state index contributed by atoms with van der Waals surface area (Å²) in [5.74, 6) is 1.83. The van der Waals surface area contributed by atoms with Crippen LogP contribution in [0, 0.1) is 0 Å². The van der Waals surface area contributed by atoms with Gasteiger partial charge in [-0.3, -0.25) is 9.89 Å². The van der Waals surface area contributed by atoms with E-state index in [0.717, 1.165) is 5.56 Å². The van der Waals surface area contributed by atoms with Gasteiger partial charge in [-0.25, -0.2) is 4.98 Å². The van der Waals surface area contributed by atoms with Crippen LogP contribution in [0.1, 0.15) is 6.92 Å². The number of carbonyl (C=O) groups is 1. The molecular weight excluding hydrogens is 304 g/mol. The number of hydrogen-bond donors (Lipinski definition) is 2. The zero-order valence-corrected chi connectivity index (χ0v) is 13.7. The van der Waals surface area contributed by atoms with Gasteiger partial charge in [-0.2, -0.15) is 0 Å². The van der Waals surface area contributed by atoms with Gasteiger partial charge in [0.15, 0.2) is 5.82 Å². The van der Waals surface area contributed by atoms with Gasteiger partial charge < -0.3 is 14.8 Å². The van der Waals surface area contributed by atoms with E-state index in [0.29, 0.717) is 22.5 Å². The molecular formula is C14H18N4O3S. The Labute approximate surface area is 132 Å². The highest BCUT2D eigenvalue weighted by Crippen LogP contribution is 2.32. The second kappa shape index (κ2) is 7.17. The number of nitrogens with zero attached hydrogens (tertiary/aromatic N) is 2. The molecule has 0 saturated heterocycles. The average Bonchev–Trinajstić information content (AvgIpc) is 3.01.